The normalized spacial score (nSPS) is 13.7. The second-order valence-corrected chi connectivity index (χ2v) is 5.95. The maximum absolute atomic E-state index is 11.2. The first kappa shape index (κ1) is 14.1. The van der Waals surface area contributed by atoms with Gasteiger partial charge in [0.1, 0.15) is 16.0 Å². The van der Waals surface area contributed by atoms with Crippen LogP contribution in [-0.2, 0) is 10.2 Å². The topological polar surface area (TPSA) is 59.4 Å². The van der Waals surface area contributed by atoms with Crippen molar-refractivity contribution in [2.75, 3.05) is 7.11 Å². The Bertz CT molecular complexity index is 402. The van der Waals surface area contributed by atoms with Crippen LogP contribution >= 0.6 is 11.3 Å². The SMILES string of the molecule is CCC(OC)c1nc(C(C)(C)C)c(C(=O)O)s1. The summed E-state index contributed by atoms with van der Waals surface area (Å²) in [5, 5.41) is 9.95. The van der Waals surface area contributed by atoms with Crippen molar-refractivity contribution in [3.8, 4) is 0 Å². The molecule has 0 aliphatic rings. The monoisotopic (exact) mass is 257 g/mol. The molecule has 1 atom stereocenters. The van der Waals surface area contributed by atoms with Crippen LogP contribution in [-0.4, -0.2) is 23.2 Å². The van der Waals surface area contributed by atoms with Gasteiger partial charge in [-0.15, -0.1) is 11.3 Å². The molecule has 1 heterocycles. The highest BCUT2D eigenvalue weighted by Crippen LogP contribution is 2.33. The molecule has 0 bridgehead atoms. The Morgan fingerprint density at radius 1 is 1.53 bits per heavy atom. The van der Waals surface area contributed by atoms with Crippen LogP contribution in [0.5, 0.6) is 0 Å². The van der Waals surface area contributed by atoms with Crippen LogP contribution < -0.4 is 0 Å². The Balaban J connectivity index is 3.26. The summed E-state index contributed by atoms with van der Waals surface area (Å²) in [6.07, 6.45) is 0.668. The van der Waals surface area contributed by atoms with E-state index in [9.17, 15) is 9.90 Å². The lowest BCUT2D eigenvalue weighted by Crippen LogP contribution is -2.16. The van der Waals surface area contributed by atoms with Gasteiger partial charge in [0.25, 0.3) is 0 Å². The number of carboxylic acids is 1. The van der Waals surface area contributed by atoms with E-state index in [-0.39, 0.29) is 11.5 Å². The zero-order chi connectivity index (χ0) is 13.2. The minimum atomic E-state index is -0.912. The second kappa shape index (κ2) is 5.14. The molecule has 1 aromatic rings. The third kappa shape index (κ3) is 3.04. The number of aromatic carboxylic acids is 1. The Labute approximate surface area is 106 Å². The molecule has 5 heteroatoms. The quantitative estimate of drug-likeness (QED) is 0.899. The van der Waals surface area contributed by atoms with Gasteiger partial charge in [-0.1, -0.05) is 27.7 Å². The fourth-order valence-electron chi connectivity index (χ4n) is 1.57. The van der Waals surface area contributed by atoms with Gasteiger partial charge in [-0.05, 0) is 6.42 Å². The van der Waals surface area contributed by atoms with Gasteiger partial charge in [0.05, 0.1) is 5.69 Å². The Kier molecular flexibility index (Phi) is 4.27. The lowest BCUT2D eigenvalue weighted by atomic mass is 9.91. The number of hydrogen-bond acceptors (Lipinski definition) is 4. The molecule has 0 aliphatic carbocycles. The van der Waals surface area contributed by atoms with Crippen LogP contribution in [0.25, 0.3) is 0 Å². The molecule has 4 nitrogen and oxygen atoms in total. The largest absolute Gasteiger partial charge is 0.477 e. The zero-order valence-electron chi connectivity index (χ0n) is 10.9. The number of aromatic nitrogens is 1. The number of rotatable bonds is 4. The molecular weight excluding hydrogens is 238 g/mol. The van der Waals surface area contributed by atoms with Crippen molar-refractivity contribution in [1.29, 1.82) is 0 Å². The molecule has 0 spiro atoms. The molecule has 0 saturated heterocycles. The van der Waals surface area contributed by atoms with Crippen molar-refractivity contribution < 1.29 is 14.6 Å². The van der Waals surface area contributed by atoms with E-state index >= 15 is 0 Å². The van der Waals surface area contributed by atoms with Gasteiger partial charge in [-0.2, -0.15) is 0 Å². The minimum Gasteiger partial charge on any atom is -0.477 e. The summed E-state index contributed by atoms with van der Waals surface area (Å²) < 4.78 is 5.30. The molecule has 1 unspecified atom stereocenters. The molecule has 1 aromatic heterocycles. The van der Waals surface area contributed by atoms with Crippen LogP contribution in [0, 0.1) is 0 Å². The van der Waals surface area contributed by atoms with E-state index in [0.29, 0.717) is 10.6 Å². The number of carbonyl (C=O) groups is 1. The predicted octanol–water partition coefficient (Wildman–Crippen LogP) is 3.24. The fraction of sp³-hybridized carbons (Fsp3) is 0.667. The van der Waals surface area contributed by atoms with E-state index < -0.39 is 5.97 Å². The maximum atomic E-state index is 11.2. The second-order valence-electron chi connectivity index (χ2n) is 4.92. The third-order valence-electron chi connectivity index (χ3n) is 2.48. The molecule has 0 radical (unpaired) electrons. The first-order valence-corrected chi connectivity index (χ1v) is 6.40. The van der Waals surface area contributed by atoms with E-state index in [1.54, 1.807) is 7.11 Å². The van der Waals surface area contributed by atoms with E-state index in [0.717, 1.165) is 11.4 Å². The van der Waals surface area contributed by atoms with E-state index in [1.807, 2.05) is 27.7 Å². The van der Waals surface area contributed by atoms with E-state index in [4.69, 9.17) is 4.74 Å². The van der Waals surface area contributed by atoms with Crippen molar-refractivity contribution in [1.82, 2.24) is 4.98 Å². The summed E-state index contributed by atoms with van der Waals surface area (Å²) >= 11 is 1.22. The molecule has 0 aliphatic heterocycles. The Morgan fingerprint density at radius 3 is 2.41 bits per heavy atom. The van der Waals surface area contributed by atoms with Crippen molar-refractivity contribution in [2.24, 2.45) is 0 Å². The summed E-state index contributed by atoms with van der Waals surface area (Å²) in [6.45, 7) is 7.89. The summed E-state index contributed by atoms with van der Waals surface area (Å²) in [4.78, 5) is 16.0. The molecule has 0 fully saturated rings. The van der Waals surface area contributed by atoms with Crippen molar-refractivity contribution in [2.45, 2.75) is 45.6 Å². The summed E-state index contributed by atoms with van der Waals surface area (Å²) in [5.74, 6) is -0.912. The molecule has 0 amide bonds. The molecule has 1 rings (SSSR count). The van der Waals surface area contributed by atoms with Gasteiger partial charge in [0.2, 0.25) is 0 Å². The molecule has 0 aromatic carbocycles. The van der Waals surface area contributed by atoms with Gasteiger partial charge >= 0.3 is 5.97 Å². The fourth-order valence-corrected chi connectivity index (χ4v) is 2.85. The number of hydrogen-bond donors (Lipinski definition) is 1. The van der Waals surface area contributed by atoms with E-state index in [2.05, 4.69) is 4.98 Å². The third-order valence-corrected chi connectivity index (χ3v) is 3.61. The lowest BCUT2D eigenvalue weighted by molar-refractivity contribution is 0.0699. The summed E-state index contributed by atoms with van der Waals surface area (Å²) in [5.41, 5.74) is 0.370. The van der Waals surface area contributed by atoms with Crippen LogP contribution in [0.2, 0.25) is 0 Å². The van der Waals surface area contributed by atoms with E-state index in [1.165, 1.54) is 11.3 Å². The first-order valence-electron chi connectivity index (χ1n) is 5.58. The highest BCUT2D eigenvalue weighted by atomic mass is 32.1. The summed E-state index contributed by atoms with van der Waals surface area (Å²) in [6, 6.07) is 0. The number of ether oxygens (including phenoxy) is 1. The van der Waals surface area contributed by atoms with Crippen molar-refractivity contribution >= 4 is 17.3 Å². The summed E-state index contributed by atoms with van der Waals surface area (Å²) in [7, 11) is 1.62. The van der Waals surface area contributed by atoms with Gasteiger partial charge in [-0.3, -0.25) is 0 Å². The van der Waals surface area contributed by atoms with Gasteiger partial charge in [0.15, 0.2) is 0 Å². The lowest BCUT2D eigenvalue weighted by Gasteiger charge is -2.16. The molecular formula is C12H19NO3S. The number of carboxylic acid groups (broad SMARTS) is 1. The van der Waals surface area contributed by atoms with Crippen LogP contribution in [0.3, 0.4) is 0 Å². The van der Waals surface area contributed by atoms with Gasteiger partial charge < -0.3 is 9.84 Å². The average Bonchev–Trinajstić information content (AvgIpc) is 2.64. The average molecular weight is 257 g/mol. The number of nitrogens with zero attached hydrogens (tertiary/aromatic N) is 1. The Morgan fingerprint density at radius 2 is 2.12 bits per heavy atom. The minimum absolute atomic E-state index is 0.116. The van der Waals surface area contributed by atoms with Gasteiger partial charge in [-0.25, -0.2) is 9.78 Å². The van der Waals surface area contributed by atoms with Crippen LogP contribution in [0.15, 0.2) is 0 Å². The maximum Gasteiger partial charge on any atom is 0.347 e. The number of methoxy groups -OCH3 is 1. The van der Waals surface area contributed by atoms with Crippen molar-refractivity contribution in [3.05, 3.63) is 15.6 Å². The zero-order valence-corrected chi connectivity index (χ0v) is 11.7. The number of thiazole rings is 1. The predicted molar refractivity (Wildman–Crippen MR) is 67.8 cm³/mol. The molecule has 1 N–H and O–H groups in total. The highest BCUT2D eigenvalue weighted by molar-refractivity contribution is 7.13. The Hall–Kier alpha value is -0.940. The van der Waals surface area contributed by atoms with Crippen LogP contribution in [0.1, 0.15) is 60.6 Å². The van der Waals surface area contributed by atoms with Crippen LogP contribution in [0.4, 0.5) is 0 Å². The van der Waals surface area contributed by atoms with Gasteiger partial charge in [0, 0.05) is 12.5 Å². The molecule has 17 heavy (non-hydrogen) atoms. The van der Waals surface area contributed by atoms with Crippen molar-refractivity contribution in [3.63, 3.8) is 0 Å². The standard InChI is InChI=1S/C12H19NO3S/c1-6-7(16-5)10-13-9(12(2,3)4)8(17-10)11(14)15/h7H,6H2,1-5H3,(H,14,15). The molecule has 96 valence electrons. The molecule has 0 saturated carbocycles. The first-order chi connectivity index (χ1) is 7.81. The highest BCUT2D eigenvalue weighted by Gasteiger charge is 2.28. The smallest absolute Gasteiger partial charge is 0.347 e.